The lowest BCUT2D eigenvalue weighted by Gasteiger charge is -2.29. The zero-order chi connectivity index (χ0) is 10.5. The molecule has 1 atom stereocenters. The van der Waals surface area contributed by atoms with Gasteiger partial charge < -0.3 is 4.90 Å². The minimum Gasteiger partial charge on any atom is -0.306 e. The lowest BCUT2D eigenvalue weighted by molar-refractivity contribution is -0.0305. The number of nitrogens with zero attached hydrogens (tertiary/aromatic N) is 1. The zero-order valence-electron chi connectivity index (χ0n) is 9.87. The molecule has 0 aromatic rings. The molecule has 2 fully saturated rings. The van der Waals surface area contributed by atoms with E-state index < -0.39 is 0 Å². The number of rotatable bonds is 4. The van der Waals surface area contributed by atoms with Crippen molar-refractivity contribution in [2.45, 2.75) is 44.6 Å². The molecule has 0 amide bonds. The maximum atomic E-state index is 5.67. The molecule has 1 heterocycles. The molecule has 0 bridgehead atoms. The molecule has 0 radical (unpaired) electrons. The van der Waals surface area contributed by atoms with Crippen LogP contribution in [0.25, 0.3) is 0 Å². The number of hydrogen-bond donors (Lipinski definition) is 1. The van der Waals surface area contributed by atoms with E-state index in [4.69, 9.17) is 4.84 Å². The van der Waals surface area contributed by atoms with Gasteiger partial charge in [-0.1, -0.05) is 12.8 Å². The molecule has 1 unspecified atom stereocenters. The standard InChI is InChI=1S/C12H24N2O/c1-14-8-4-5-11(10-14)9-13-15-12-6-2-3-7-12/h11-13H,2-10H2,1H3. The second-order valence-electron chi connectivity index (χ2n) is 5.14. The van der Waals surface area contributed by atoms with E-state index in [1.807, 2.05) is 0 Å². The molecule has 0 spiro atoms. The van der Waals surface area contributed by atoms with Crippen LogP contribution in [0.15, 0.2) is 0 Å². The van der Waals surface area contributed by atoms with Crippen molar-refractivity contribution < 1.29 is 4.84 Å². The summed E-state index contributed by atoms with van der Waals surface area (Å²) in [6.07, 6.45) is 8.37. The van der Waals surface area contributed by atoms with E-state index in [-0.39, 0.29) is 0 Å². The van der Waals surface area contributed by atoms with Gasteiger partial charge in [-0.3, -0.25) is 4.84 Å². The molecule has 3 nitrogen and oxygen atoms in total. The highest BCUT2D eigenvalue weighted by Gasteiger charge is 2.19. The zero-order valence-corrected chi connectivity index (χ0v) is 9.87. The van der Waals surface area contributed by atoms with Crippen LogP contribution in [0, 0.1) is 5.92 Å². The minimum absolute atomic E-state index is 0.492. The highest BCUT2D eigenvalue weighted by molar-refractivity contribution is 4.71. The average Bonchev–Trinajstić information content (AvgIpc) is 2.71. The number of nitrogens with one attached hydrogen (secondary N) is 1. The Hall–Kier alpha value is -0.120. The Kier molecular flexibility index (Phi) is 4.42. The fourth-order valence-electron chi connectivity index (χ4n) is 2.73. The summed E-state index contributed by atoms with van der Waals surface area (Å²) in [6, 6.07) is 0. The molecular weight excluding hydrogens is 188 g/mol. The molecule has 2 aliphatic rings. The highest BCUT2D eigenvalue weighted by atomic mass is 16.7. The molecule has 1 aliphatic carbocycles. The molecule has 1 N–H and O–H groups in total. The van der Waals surface area contributed by atoms with Gasteiger partial charge in [-0.25, -0.2) is 5.48 Å². The van der Waals surface area contributed by atoms with Crippen LogP contribution in [0.4, 0.5) is 0 Å². The van der Waals surface area contributed by atoms with Crippen LogP contribution in [-0.2, 0) is 4.84 Å². The minimum atomic E-state index is 0.492. The second-order valence-corrected chi connectivity index (χ2v) is 5.14. The first-order chi connectivity index (χ1) is 7.34. The van der Waals surface area contributed by atoms with Crippen molar-refractivity contribution in [2.75, 3.05) is 26.7 Å². The third-order valence-corrected chi connectivity index (χ3v) is 3.65. The second kappa shape index (κ2) is 5.83. The Morgan fingerprint density at radius 3 is 2.73 bits per heavy atom. The van der Waals surface area contributed by atoms with E-state index in [9.17, 15) is 0 Å². The summed E-state index contributed by atoms with van der Waals surface area (Å²) in [5, 5.41) is 0. The van der Waals surface area contributed by atoms with Gasteiger partial charge in [-0.2, -0.15) is 0 Å². The van der Waals surface area contributed by atoms with Crippen molar-refractivity contribution >= 4 is 0 Å². The predicted molar refractivity (Wildman–Crippen MR) is 61.6 cm³/mol. The number of likely N-dealkylation sites (tertiary alicyclic amines) is 1. The Morgan fingerprint density at radius 1 is 1.20 bits per heavy atom. The number of hydroxylamine groups is 1. The van der Waals surface area contributed by atoms with E-state index in [2.05, 4.69) is 17.4 Å². The third-order valence-electron chi connectivity index (χ3n) is 3.65. The lowest BCUT2D eigenvalue weighted by atomic mass is 9.99. The van der Waals surface area contributed by atoms with Crippen LogP contribution in [0.5, 0.6) is 0 Å². The van der Waals surface area contributed by atoms with Crippen LogP contribution >= 0.6 is 0 Å². The molecule has 1 aliphatic heterocycles. The normalized spacial score (nSPS) is 29.8. The maximum absolute atomic E-state index is 5.67. The van der Waals surface area contributed by atoms with Gasteiger partial charge in [0.15, 0.2) is 0 Å². The molecule has 0 aromatic carbocycles. The first-order valence-corrected chi connectivity index (χ1v) is 6.41. The fraction of sp³-hybridized carbons (Fsp3) is 1.00. The van der Waals surface area contributed by atoms with Crippen molar-refractivity contribution in [3.63, 3.8) is 0 Å². The molecule has 0 aromatic heterocycles. The number of piperidine rings is 1. The predicted octanol–water partition coefficient (Wildman–Crippen LogP) is 1.79. The number of hydrogen-bond acceptors (Lipinski definition) is 3. The van der Waals surface area contributed by atoms with E-state index in [1.165, 1.54) is 51.6 Å². The Bertz CT molecular complexity index is 180. The average molecular weight is 212 g/mol. The van der Waals surface area contributed by atoms with Gasteiger partial charge in [0.2, 0.25) is 0 Å². The van der Waals surface area contributed by atoms with E-state index in [1.54, 1.807) is 0 Å². The summed E-state index contributed by atoms with van der Waals surface area (Å²) in [6.45, 7) is 3.52. The molecule has 88 valence electrons. The molecule has 15 heavy (non-hydrogen) atoms. The summed E-state index contributed by atoms with van der Waals surface area (Å²) in [5.41, 5.74) is 3.19. The quantitative estimate of drug-likeness (QED) is 0.719. The van der Waals surface area contributed by atoms with Gasteiger partial charge in [0.1, 0.15) is 0 Å². The first kappa shape index (κ1) is 11.4. The van der Waals surface area contributed by atoms with E-state index in [0.29, 0.717) is 6.10 Å². The summed E-state index contributed by atoms with van der Waals surface area (Å²) in [7, 11) is 2.21. The summed E-state index contributed by atoms with van der Waals surface area (Å²) in [4.78, 5) is 8.09. The SMILES string of the molecule is CN1CCCC(CNOC2CCCC2)C1. The van der Waals surface area contributed by atoms with Crippen LogP contribution in [0.3, 0.4) is 0 Å². The molecule has 2 rings (SSSR count). The van der Waals surface area contributed by atoms with Crippen molar-refractivity contribution in [3.05, 3.63) is 0 Å². The van der Waals surface area contributed by atoms with Crippen LogP contribution in [-0.4, -0.2) is 37.7 Å². The van der Waals surface area contributed by atoms with Crippen LogP contribution in [0.1, 0.15) is 38.5 Å². The summed E-state index contributed by atoms with van der Waals surface area (Å²) < 4.78 is 0. The molecule has 1 saturated carbocycles. The van der Waals surface area contributed by atoms with Crippen molar-refractivity contribution in [1.29, 1.82) is 0 Å². The lowest BCUT2D eigenvalue weighted by Crippen LogP contribution is -2.38. The maximum Gasteiger partial charge on any atom is 0.0790 e. The van der Waals surface area contributed by atoms with Crippen molar-refractivity contribution in [2.24, 2.45) is 5.92 Å². The third kappa shape index (κ3) is 3.74. The van der Waals surface area contributed by atoms with Gasteiger partial charge >= 0.3 is 0 Å². The fourth-order valence-corrected chi connectivity index (χ4v) is 2.73. The van der Waals surface area contributed by atoms with Crippen molar-refractivity contribution in [3.8, 4) is 0 Å². The van der Waals surface area contributed by atoms with Gasteiger partial charge in [-0.15, -0.1) is 0 Å². The summed E-state index contributed by atoms with van der Waals surface area (Å²) >= 11 is 0. The molecular formula is C12H24N2O. The Labute approximate surface area is 93.1 Å². The van der Waals surface area contributed by atoms with Crippen LogP contribution in [0.2, 0.25) is 0 Å². The molecule has 1 saturated heterocycles. The van der Waals surface area contributed by atoms with Crippen molar-refractivity contribution in [1.82, 2.24) is 10.4 Å². The Morgan fingerprint density at radius 2 is 2.00 bits per heavy atom. The monoisotopic (exact) mass is 212 g/mol. The Balaban J connectivity index is 1.56. The largest absolute Gasteiger partial charge is 0.306 e. The van der Waals surface area contributed by atoms with E-state index >= 15 is 0 Å². The molecule has 3 heteroatoms. The van der Waals surface area contributed by atoms with Gasteiger partial charge in [0.05, 0.1) is 6.10 Å². The van der Waals surface area contributed by atoms with Gasteiger partial charge in [-0.05, 0) is 45.2 Å². The van der Waals surface area contributed by atoms with Crippen LogP contribution < -0.4 is 5.48 Å². The highest BCUT2D eigenvalue weighted by Crippen LogP contribution is 2.20. The van der Waals surface area contributed by atoms with E-state index in [0.717, 1.165) is 12.5 Å². The first-order valence-electron chi connectivity index (χ1n) is 6.41. The topological polar surface area (TPSA) is 24.5 Å². The van der Waals surface area contributed by atoms with Gasteiger partial charge in [0, 0.05) is 13.1 Å². The summed E-state index contributed by atoms with van der Waals surface area (Å²) in [5.74, 6) is 0.783. The smallest absolute Gasteiger partial charge is 0.0790 e. The van der Waals surface area contributed by atoms with Gasteiger partial charge in [0.25, 0.3) is 0 Å².